The summed E-state index contributed by atoms with van der Waals surface area (Å²) in [5, 5.41) is 23.9. The Labute approximate surface area is 431 Å². The van der Waals surface area contributed by atoms with Crippen molar-refractivity contribution in [1.29, 1.82) is 0 Å². The second kappa shape index (κ2) is 55.9. The predicted molar refractivity (Wildman–Crippen MR) is 305 cm³/mol. The summed E-state index contributed by atoms with van der Waals surface area (Å²) in [5.41, 5.74) is 0. The number of hydrogen-bond acceptors (Lipinski definition) is 5. The molecule has 3 unspecified atom stereocenters. The predicted octanol–water partition coefficient (Wildman–Crippen LogP) is 17.8. The number of nitrogens with one attached hydrogen (secondary N) is 1. The average molecular weight is 969 g/mol. The van der Waals surface area contributed by atoms with Gasteiger partial charge in [0.05, 0.1) is 25.2 Å². The van der Waals surface area contributed by atoms with Crippen molar-refractivity contribution in [2.24, 2.45) is 0 Å². The molecule has 0 aromatic heterocycles. The second-order valence-electron chi connectivity index (χ2n) is 18.7. The molecule has 0 heterocycles. The van der Waals surface area contributed by atoms with Gasteiger partial charge in [0.15, 0.2) is 0 Å². The molecule has 0 aromatic carbocycles. The maximum atomic E-state index is 13.3. The number of aliphatic hydroxyl groups is 2. The van der Waals surface area contributed by atoms with Crippen LogP contribution in [0.1, 0.15) is 233 Å². The van der Waals surface area contributed by atoms with E-state index in [1.54, 1.807) is 0 Å². The molecule has 0 spiro atoms. The number of carbonyl (C=O) groups excluding carboxylic acids is 2. The van der Waals surface area contributed by atoms with Crippen LogP contribution in [0.5, 0.6) is 0 Å². The molecular formula is C64H105NO5. The van der Waals surface area contributed by atoms with Crippen LogP contribution in [-0.4, -0.2) is 46.9 Å². The first kappa shape index (κ1) is 66.0. The standard InChI is InChI=1S/C64H105NO5/c1-4-7-10-13-16-19-22-25-28-31-32-33-36-39-42-45-48-51-54-57-64(69)70-60(55-52-49-46-43-40-37-34-29-26-23-20-17-14-11-8-5-2)58-63(68)65-61(59-66)62(67)56-53-50-47-44-41-38-35-30-27-24-21-18-15-12-9-6-3/h7,10-11,14,16-17,19-20,23,25-26,28-29,32-34,37,39-40,42,48,51,60-62,66-67H,4-6,8-9,12-13,15,18,21-22,24,27,30-31,35-36,38,41,43-47,49-50,52-59H2,1-3H3,(H,65,68)/b10-7-,14-11+,19-16-,20-17+,26-23+,28-25-,33-32-,34-29+,40-37+,42-39-,51-48-. The molecule has 70 heavy (non-hydrogen) atoms. The van der Waals surface area contributed by atoms with Gasteiger partial charge in [-0.2, -0.15) is 0 Å². The van der Waals surface area contributed by atoms with E-state index in [-0.39, 0.29) is 31.3 Å². The zero-order valence-electron chi connectivity index (χ0n) is 45.1. The lowest BCUT2D eigenvalue weighted by atomic mass is 10.0. The van der Waals surface area contributed by atoms with E-state index in [1.165, 1.54) is 83.5 Å². The van der Waals surface area contributed by atoms with E-state index < -0.39 is 18.2 Å². The van der Waals surface area contributed by atoms with Gasteiger partial charge in [0.2, 0.25) is 5.91 Å². The van der Waals surface area contributed by atoms with Crippen LogP contribution >= 0.6 is 0 Å². The smallest absolute Gasteiger partial charge is 0.306 e. The lowest BCUT2D eigenvalue weighted by Crippen LogP contribution is -2.46. The minimum absolute atomic E-state index is 0.0103. The highest BCUT2D eigenvalue weighted by Crippen LogP contribution is 2.17. The molecule has 0 radical (unpaired) electrons. The molecule has 0 saturated heterocycles. The van der Waals surface area contributed by atoms with Crippen molar-refractivity contribution in [3.05, 3.63) is 134 Å². The summed E-state index contributed by atoms with van der Waals surface area (Å²) in [5.74, 6) is -0.626. The van der Waals surface area contributed by atoms with Crippen LogP contribution in [0.2, 0.25) is 0 Å². The number of rotatable bonds is 49. The van der Waals surface area contributed by atoms with Gasteiger partial charge in [0.1, 0.15) is 6.10 Å². The molecule has 6 heteroatoms. The molecule has 396 valence electrons. The Bertz CT molecular complexity index is 1510. The SMILES string of the molecule is CC/C=C\C/C=C\C/C=C\C/C=C\C/C=C\C/C=C\CCC(=O)OC(CCCCC/C=C/C=C/C=C/C=C/C=C/CCC)CC(=O)NC(CO)C(O)CCCCCCCCCCCCCCCCCC. The van der Waals surface area contributed by atoms with Crippen LogP contribution < -0.4 is 5.32 Å². The van der Waals surface area contributed by atoms with Crippen molar-refractivity contribution in [1.82, 2.24) is 5.32 Å². The maximum absolute atomic E-state index is 13.3. The van der Waals surface area contributed by atoms with Gasteiger partial charge in [0.25, 0.3) is 0 Å². The van der Waals surface area contributed by atoms with E-state index in [0.717, 1.165) is 96.3 Å². The van der Waals surface area contributed by atoms with Gasteiger partial charge in [-0.1, -0.05) is 270 Å². The molecule has 3 N–H and O–H groups in total. The van der Waals surface area contributed by atoms with Crippen molar-refractivity contribution in [2.75, 3.05) is 6.61 Å². The number of hydrogen-bond donors (Lipinski definition) is 3. The van der Waals surface area contributed by atoms with Crippen molar-refractivity contribution < 1.29 is 24.5 Å². The van der Waals surface area contributed by atoms with Gasteiger partial charge in [-0.05, 0) is 83.5 Å². The van der Waals surface area contributed by atoms with E-state index in [9.17, 15) is 19.8 Å². The molecule has 3 atom stereocenters. The van der Waals surface area contributed by atoms with Crippen LogP contribution in [-0.2, 0) is 14.3 Å². The summed E-state index contributed by atoms with van der Waals surface area (Å²) >= 11 is 0. The molecule has 0 saturated carbocycles. The lowest BCUT2D eigenvalue weighted by Gasteiger charge is -2.24. The minimum Gasteiger partial charge on any atom is -0.462 e. The second-order valence-corrected chi connectivity index (χ2v) is 18.7. The van der Waals surface area contributed by atoms with Gasteiger partial charge in [-0.25, -0.2) is 0 Å². The summed E-state index contributed by atoms with van der Waals surface area (Å²) in [7, 11) is 0. The van der Waals surface area contributed by atoms with Crippen molar-refractivity contribution in [3.63, 3.8) is 0 Å². The van der Waals surface area contributed by atoms with E-state index in [4.69, 9.17) is 4.74 Å². The minimum atomic E-state index is -0.823. The summed E-state index contributed by atoms with van der Waals surface area (Å²) in [6, 6.07) is -0.742. The number of carbonyl (C=O) groups is 2. The zero-order valence-corrected chi connectivity index (χ0v) is 45.1. The van der Waals surface area contributed by atoms with Crippen LogP contribution in [0.3, 0.4) is 0 Å². The fraction of sp³-hybridized carbons (Fsp3) is 0.625. The molecule has 0 aromatic rings. The molecule has 0 aliphatic carbocycles. The van der Waals surface area contributed by atoms with Crippen LogP contribution in [0, 0.1) is 0 Å². The first-order valence-corrected chi connectivity index (χ1v) is 28.5. The van der Waals surface area contributed by atoms with Gasteiger partial charge in [-0.15, -0.1) is 0 Å². The van der Waals surface area contributed by atoms with Gasteiger partial charge < -0.3 is 20.3 Å². The highest BCUT2D eigenvalue weighted by molar-refractivity contribution is 5.77. The van der Waals surface area contributed by atoms with Crippen LogP contribution in [0.25, 0.3) is 0 Å². The highest BCUT2D eigenvalue weighted by atomic mass is 16.5. The summed E-state index contributed by atoms with van der Waals surface area (Å²) in [6.07, 6.45) is 79.4. The quantitative estimate of drug-likeness (QED) is 0.0244. The van der Waals surface area contributed by atoms with Crippen LogP contribution in [0.4, 0.5) is 0 Å². The van der Waals surface area contributed by atoms with Gasteiger partial charge in [0, 0.05) is 6.42 Å². The lowest BCUT2D eigenvalue weighted by molar-refractivity contribution is -0.150. The maximum Gasteiger partial charge on any atom is 0.306 e. The van der Waals surface area contributed by atoms with E-state index in [2.05, 4.69) is 117 Å². The topological polar surface area (TPSA) is 95.9 Å². The fourth-order valence-electron chi connectivity index (χ4n) is 7.84. The fourth-order valence-corrected chi connectivity index (χ4v) is 7.84. The normalized spacial score (nSPS) is 14.2. The molecule has 6 nitrogen and oxygen atoms in total. The molecule has 0 bridgehead atoms. The van der Waals surface area contributed by atoms with Gasteiger partial charge in [-0.3, -0.25) is 9.59 Å². The molecule has 0 aliphatic heterocycles. The Morgan fingerprint density at radius 3 is 1.33 bits per heavy atom. The number of amides is 1. The summed E-state index contributed by atoms with van der Waals surface area (Å²) < 4.78 is 5.89. The molecule has 1 amide bonds. The third-order valence-corrected chi connectivity index (χ3v) is 12.1. The van der Waals surface area contributed by atoms with Crippen molar-refractivity contribution >= 4 is 11.9 Å². The Balaban J connectivity index is 4.78. The number of ether oxygens (including phenoxy) is 1. The molecule has 0 fully saturated rings. The Hall–Kier alpha value is -4.00. The van der Waals surface area contributed by atoms with Crippen molar-refractivity contribution in [3.8, 4) is 0 Å². The molecule has 0 rings (SSSR count). The molecule has 0 aliphatic rings. The summed E-state index contributed by atoms with van der Waals surface area (Å²) in [6.45, 7) is 6.26. The average Bonchev–Trinajstić information content (AvgIpc) is 3.35. The third kappa shape index (κ3) is 50.4. The Kier molecular flexibility index (Phi) is 52.7. The van der Waals surface area contributed by atoms with Crippen LogP contribution in [0.15, 0.2) is 134 Å². The molecular weight excluding hydrogens is 863 g/mol. The largest absolute Gasteiger partial charge is 0.462 e. The number of aliphatic hydroxyl groups excluding tert-OH is 2. The monoisotopic (exact) mass is 968 g/mol. The number of unbranched alkanes of at least 4 members (excludes halogenated alkanes) is 19. The van der Waals surface area contributed by atoms with E-state index in [0.29, 0.717) is 19.3 Å². The highest BCUT2D eigenvalue weighted by Gasteiger charge is 2.24. The Morgan fingerprint density at radius 2 is 0.857 bits per heavy atom. The van der Waals surface area contributed by atoms with Gasteiger partial charge >= 0.3 is 5.97 Å². The number of esters is 1. The first-order valence-electron chi connectivity index (χ1n) is 28.5. The zero-order chi connectivity index (χ0) is 50.9. The number of allylic oxidation sites excluding steroid dienone is 22. The van der Waals surface area contributed by atoms with Crippen molar-refractivity contribution in [2.45, 2.75) is 251 Å². The summed E-state index contributed by atoms with van der Waals surface area (Å²) in [4.78, 5) is 26.2. The third-order valence-electron chi connectivity index (χ3n) is 12.1. The Morgan fingerprint density at radius 1 is 0.443 bits per heavy atom. The van der Waals surface area contributed by atoms with E-state index in [1.807, 2.05) is 42.5 Å². The first-order chi connectivity index (χ1) is 34.5. The van der Waals surface area contributed by atoms with E-state index >= 15 is 0 Å².